The molecule has 1 aliphatic heterocycles. The van der Waals surface area contributed by atoms with E-state index in [0.717, 1.165) is 37.3 Å². The molecule has 1 unspecified atom stereocenters. The van der Waals surface area contributed by atoms with Crippen LogP contribution in [0.15, 0.2) is 24.3 Å². The van der Waals surface area contributed by atoms with Gasteiger partial charge in [0.2, 0.25) is 5.13 Å². The summed E-state index contributed by atoms with van der Waals surface area (Å²) >= 11 is 1.35. The van der Waals surface area contributed by atoms with Gasteiger partial charge in [0, 0.05) is 6.61 Å². The predicted octanol–water partition coefficient (Wildman–Crippen LogP) is 3.36. The van der Waals surface area contributed by atoms with Crippen LogP contribution in [-0.4, -0.2) is 29.3 Å². The van der Waals surface area contributed by atoms with E-state index in [0.29, 0.717) is 10.9 Å². The second-order valence-electron chi connectivity index (χ2n) is 5.68. The first kappa shape index (κ1) is 16.9. The molecule has 1 saturated heterocycles. The molecule has 7 heteroatoms. The fourth-order valence-electron chi connectivity index (χ4n) is 2.53. The third-order valence-corrected chi connectivity index (χ3v) is 4.65. The van der Waals surface area contributed by atoms with E-state index in [-0.39, 0.29) is 18.6 Å². The van der Waals surface area contributed by atoms with Crippen LogP contribution in [-0.2, 0) is 16.0 Å². The highest BCUT2D eigenvalue weighted by Crippen LogP contribution is 2.31. The van der Waals surface area contributed by atoms with E-state index < -0.39 is 0 Å². The van der Waals surface area contributed by atoms with E-state index in [2.05, 4.69) is 22.4 Å². The molecule has 1 aliphatic rings. The third kappa shape index (κ3) is 4.52. The summed E-state index contributed by atoms with van der Waals surface area (Å²) in [5, 5.41) is 12.1. The van der Waals surface area contributed by atoms with Gasteiger partial charge in [0.1, 0.15) is 16.9 Å². The third-order valence-electron chi connectivity index (χ3n) is 3.72. The lowest BCUT2D eigenvalue weighted by molar-refractivity contribution is -0.118. The van der Waals surface area contributed by atoms with Gasteiger partial charge in [-0.2, -0.15) is 0 Å². The van der Waals surface area contributed by atoms with Crippen molar-refractivity contribution in [1.82, 2.24) is 10.2 Å². The van der Waals surface area contributed by atoms with Gasteiger partial charge in [0.15, 0.2) is 6.61 Å². The summed E-state index contributed by atoms with van der Waals surface area (Å²) in [6.45, 7) is 2.85. The fourth-order valence-corrected chi connectivity index (χ4v) is 3.38. The zero-order valence-corrected chi connectivity index (χ0v) is 14.5. The highest BCUT2D eigenvalue weighted by atomic mass is 32.1. The molecule has 2 aromatic rings. The monoisotopic (exact) mass is 347 g/mol. The maximum atomic E-state index is 12.0. The second-order valence-corrected chi connectivity index (χ2v) is 6.69. The van der Waals surface area contributed by atoms with Gasteiger partial charge in [-0.1, -0.05) is 36.8 Å². The summed E-state index contributed by atoms with van der Waals surface area (Å²) in [5.74, 6) is 0.435. The zero-order valence-electron chi connectivity index (χ0n) is 13.7. The number of carbonyl (C=O) groups excluding carboxylic acids is 1. The Balaban J connectivity index is 1.47. The van der Waals surface area contributed by atoms with Crippen LogP contribution >= 0.6 is 11.3 Å². The zero-order chi connectivity index (χ0) is 16.8. The van der Waals surface area contributed by atoms with Gasteiger partial charge < -0.3 is 9.47 Å². The van der Waals surface area contributed by atoms with Crippen LogP contribution in [0.2, 0.25) is 0 Å². The van der Waals surface area contributed by atoms with Crippen molar-refractivity contribution >= 4 is 22.4 Å². The topological polar surface area (TPSA) is 73.3 Å². The van der Waals surface area contributed by atoms with Gasteiger partial charge >= 0.3 is 0 Å². The standard InChI is InChI=1S/C17H21N3O3S/c1-2-4-12-6-8-13(9-7-12)23-11-15(21)18-17-20-19-16(24-17)14-5-3-10-22-14/h6-9,14H,2-5,10-11H2,1H3,(H,18,20,21). The molecule has 2 heterocycles. The number of hydrogen-bond donors (Lipinski definition) is 1. The lowest BCUT2D eigenvalue weighted by Crippen LogP contribution is -2.20. The quantitative estimate of drug-likeness (QED) is 0.831. The number of carbonyl (C=O) groups is 1. The molecular weight excluding hydrogens is 326 g/mol. The number of hydrogen-bond acceptors (Lipinski definition) is 6. The molecule has 0 spiro atoms. The highest BCUT2D eigenvalue weighted by molar-refractivity contribution is 7.15. The molecule has 1 N–H and O–H groups in total. The smallest absolute Gasteiger partial charge is 0.264 e. The van der Waals surface area contributed by atoms with Crippen LogP contribution in [0.25, 0.3) is 0 Å². The van der Waals surface area contributed by atoms with Crippen molar-refractivity contribution in [2.24, 2.45) is 0 Å². The van der Waals surface area contributed by atoms with Crippen molar-refractivity contribution in [3.8, 4) is 5.75 Å². The molecule has 0 aliphatic carbocycles. The number of amides is 1. The molecule has 6 nitrogen and oxygen atoms in total. The summed E-state index contributed by atoms with van der Waals surface area (Å²) in [7, 11) is 0. The van der Waals surface area contributed by atoms with E-state index >= 15 is 0 Å². The summed E-state index contributed by atoms with van der Waals surface area (Å²) < 4.78 is 11.1. The van der Waals surface area contributed by atoms with Crippen molar-refractivity contribution in [2.75, 3.05) is 18.5 Å². The first-order chi connectivity index (χ1) is 11.7. The lowest BCUT2D eigenvalue weighted by Gasteiger charge is -2.06. The van der Waals surface area contributed by atoms with E-state index in [9.17, 15) is 4.79 Å². The van der Waals surface area contributed by atoms with Crippen LogP contribution in [0.1, 0.15) is 42.9 Å². The summed E-state index contributed by atoms with van der Waals surface area (Å²) in [6.07, 6.45) is 4.17. The highest BCUT2D eigenvalue weighted by Gasteiger charge is 2.22. The Bertz CT molecular complexity index is 666. The van der Waals surface area contributed by atoms with Crippen molar-refractivity contribution in [1.29, 1.82) is 0 Å². The Morgan fingerprint density at radius 3 is 2.92 bits per heavy atom. The number of anilines is 1. The molecule has 0 bridgehead atoms. The maximum Gasteiger partial charge on any atom is 0.264 e. The lowest BCUT2D eigenvalue weighted by atomic mass is 10.1. The van der Waals surface area contributed by atoms with Crippen molar-refractivity contribution < 1.29 is 14.3 Å². The number of aromatic nitrogens is 2. The minimum absolute atomic E-state index is 0.0195. The van der Waals surface area contributed by atoms with Crippen LogP contribution in [0.4, 0.5) is 5.13 Å². The van der Waals surface area contributed by atoms with Crippen molar-refractivity contribution in [3.63, 3.8) is 0 Å². The number of nitrogens with zero attached hydrogens (tertiary/aromatic N) is 2. The Morgan fingerprint density at radius 1 is 1.38 bits per heavy atom. The SMILES string of the molecule is CCCc1ccc(OCC(=O)Nc2nnc(C3CCCO3)s2)cc1. The minimum atomic E-state index is -0.248. The molecule has 3 rings (SSSR count). The molecule has 1 aromatic carbocycles. The predicted molar refractivity (Wildman–Crippen MR) is 92.4 cm³/mol. The number of aryl methyl sites for hydroxylation is 1. The number of benzene rings is 1. The average molecular weight is 347 g/mol. The van der Waals surface area contributed by atoms with E-state index in [1.165, 1.54) is 16.9 Å². The van der Waals surface area contributed by atoms with E-state index in [1.807, 2.05) is 24.3 Å². The normalized spacial score (nSPS) is 17.0. The van der Waals surface area contributed by atoms with Gasteiger partial charge in [0.25, 0.3) is 5.91 Å². The van der Waals surface area contributed by atoms with Gasteiger partial charge in [-0.05, 0) is 37.0 Å². The van der Waals surface area contributed by atoms with Crippen LogP contribution in [0, 0.1) is 0 Å². The molecule has 24 heavy (non-hydrogen) atoms. The minimum Gasteiger partial charge on any atom is -0.484 e. The van der Waals surface area contributed by atoms with Crippen LogP contribution in [0.5, 0.6) is 5.75 Å². The molecular formula is C17H21N3O3S. The average Bonchev–Trinajstić information content (AvgIpc) is 3.26. The van der Waals surface area contributed by atoms with E-state index in [1.54, 1.807) is 0 Å². The second kappa shape index (κ2) is 8.21. The first-order valence-electron chi connectivity index (χ1n) is 8.21. The van der Waals surface area contributed by atoms with Gasteiger partial charge in [-0.15, -0.1) is 10.2 Å². The summed E-state index contributed by atoms with van der Waals surface area (Å²) in [4.78, 5) is 12.0. The largest absolute Gasteiger partial charge is 0.484 e. The van der Waals surface area contributed by atoms with Crippen molar-refractivity contribution in [2.45, 2.75) is 38.7 Å². The molecule has 0 saturated carbocycles. The van der Waals surface area contributed by atoms with Gasteiger partial charge in [0.05, 0.1) is 0 Å². The van der Waals surface area contributed by atoms with Crippen LogP contribution < -0.4 is 10.1 Å². The molecule has 1 atom stereocenters. The molecule has 1 amide bonds. The van der Waals surface area contributed by atoms with Crippen molar-refractivity contribution in [3.05, 3.63) is 34.8 Å². The Kier molecular flexibility index (Phi) is 5.77. The maximum absolute atomic E-state index is 12.0. The summed E-state index contributed by atoms with van der Waals surface area (Å²) in [6, 6.07) is 7.82. The fraction of sp³-hybridized carbons (Fsp3) is 0.471. The Labute approximate surface area is 145 Å². The van der Waals surface area contributed by atoms with Crippen LogP contribution in [0.3, 0.4) is 0 Å². The van der Waals surface area contributed by atoms with Gasteiger partial charge in [-0.25, -0.2) is 0 Å². The number of rotatable bonds is 7. The first-order valence-corrected chi connectivity index (χ1v) is 9.03. The molecule has 0 radical (unpaired) electrons. The molecule has 128 valence electrons. The Morgan fingerprint density at radius 2 is 2.21 bits per heavy atom. The van der Waals surface area contributed by atoms with E-state index in [4.69, 9.17) is 9.47 Å². The number of ether oxygens (including phenoxy) is 2. The number of nitrogens with one attached hydrogen (secondary N) is 1. The Hall–Kier alpha value is -1.99. The summed E-state index contributed by atoms with van der Waals surface area (Å²) in [5.41, 5.74) is 1.27. The molecule has 1 fully saturated rings. The van der Waals surface area contributed by atoms with Gasteiger partial charge in [-0.3, -0.25) is 10.1 Å². The molecule has 1 aromatic heterocycles.